The second-order valence-electron chi connectivity index (χ2n) is 5.83. The van der Waals surface area contributed by atoms with Gasteiger partial charge in [0.05, 0.1) is 11.7 Å². The summed E-state index contributed by atoms with van der Waals surface area (Å²) in [6.07, 6.45) is 0.957. The van der Waals surface area contributed by atoms with Crippen LogP contribution in [0.15, 0.2) is 24.3 Å². The molecule has 4 heteroatoms. The van der Waals surface area contributed by atoms with Gasteiger partial charge in [-0.05, 0) is 45.2 Å². The molecule has 104 valence electrons. The average molecular weight is 265 g/mol. The topological polar surface area (TPSA) is 29.5 Å². The summed E-state index contributed by atoms with van der Waals surface area (Å²) in [5, 5.41) is 0. The predicted octanol–water partition coefficient (Wildman–Crippen LogP) is 3.71. The Morgan fingerprint density at radius 2 is 2.11 bits per heavy atom. The smallest absolute Gasteiger partial charge is 0.415 e. The van der Waals surface area contributed by atoms with E-state index in [1.807, 2.05) is 45.0 Å². The van der Waals surface area contributed by atoms with Gasteiger partial charge in [-0.3, -0.25) is 4.90 Å². The highest BCUT2D eigenvalue weighted by Crippen LogP contribution is 2.32. The molecule has 1 unspecified atom stereocenters. The number of halogens is 1. The second-order valence-corrected chi connectivity index (χ2v) is 5.83. The number of rotatable bonds is 1. The molecule has 0 bridgehead atoms. The zero-order chi connectivity index (χ0) is 14.0. The minimum atomic E-state index is -0.579. The summed E-state index contributed by atoms with van der Waals surface area (Å²) in [4.78, 5) is 13.7. The first-order valence-electron chi connectivity index (χ1n) is 6.58. The summed E-state index contributed by atoms with van der Waals surface area (Å²) in [5.41, 5.74) is 1.26. The normalized spacial score (nSPS) is 18.9. The maximum Gasteiger partial charge on any atom is 0.415 e. The fraction of sp³-hybridized carbons (Fsp3) is 0.533. The fourth-order valence-electron chi connectivity index (χ4n) is 2.31. The number of hydrogen-bond acceptors (Lipinski definition) is 2. The van der Waals surface area contributed by atoms with E-state index in [-0.39, 0.29) is 0 Å². The first-order valence-corrected chi connectivity index (χ1v) is 6.58. The first-order chi connectivity index (χ1) is 8.92. The molecule has 0 N–H and O–H groups in total. The zero-order valence-corrected chi connectivity index (χ0v) is 11.6. The van der Waals surface area contributed by atoms with Crippen molar-refractivity contribution >= 4 is 11.8 Å². The van der Waals surface area contributed by atoms with Crippen LogP contribution in [0.4, 0.5) is 14.9 Å². The number of amides is 1. The fourth-order valence-corrected chi connectivity index (χ4v) is 2.31. The van der Waals surface area contributed by atoms with Crippen molar-refractivity contribution in [1.82, 2.24) is 0 Å². The van der Waals surface area contributed by atoms with E-state index in [9.17, 15) is 9.18 Å². The lowest BCUT2D eigenvalue weighted by Crippen LogP contribution is -2.47. The van der Waals surface area contributed by atoms with Gasteiger partial charge in [0.25, 0.3) is 0 Å². The number of nitrogens with zero attached hydrogens (tertiary/aromatic N) is 1. The van der Waals surface area contributed by atoms with Crippen molar-refractivity contribution in [3.05, 3.63) is 29.8 Å². The van der Waals surface area contributed by atoms with Crippen LogP contribution in [0.25, 0.3) is 0 Å². The number of carbonyl (C=O) groups is 1. The zero-order valence-electron chi connectivity index (χ0n) is 11.6. The Kier molecular flexibility index (Phi) is 3.78. The molecule has 0 fully saturated rings. The molecule has 1 atom stereocenters. The number of ether oxygens (including phenoxy) is 1. The van der Waals surface area contributed by atoms with Crippen molar-refractivity contribution in [2.24, 2.45) is 0 Å². The highest BCUT2D eigenvalue weighted by atomic mass is 19.1. The molecule has 0 aliphatic carbocycles. The highest BCUT2D eigenvalue weighted by Gasteiger charge is 2.33. The van der Waals surface area contributed by atoms with E-state index in [2.05, 4.69) is 0 Å². The molecule has 0 saturated heterocycles. The number of alkyl halides is 1. The lowest BCUT2D eigenvalue weighted by atomic mass is 9.97. The summed E-state index contributed by atoms with van der Waals surface area (Å²) in [6, 6.07) is 7.19. The molecule has 1 aliphatic rings. The lowest BCUT2D eigenvalue weighted by Gasteiger charge is -2.36. The van der Waals surface area contributed by atoms with Crippen LogP contribution in [-0.4, -0.2) is 24.4 Å². The van der Waals surface area contributed by atoms with Gasteiger partial charge < -0.3 is 4.74 Å². The molecule has 3 nitrogen and oxygen atoms in total. The number of benzene rings is 1. The van der Waals surface area contributed by atoms with E-state index >= 15 is 0 Å². The van der Waals surface area contributed by atoms with Crippen molar-refractivity contribution in [3.63, 3.8) is 0 Å². The van der Waals surface area contributed by atoms with Gasteiger partial charge in [0.2, 0.25) is 0 Å². The van der Waals surface area contributed by atoms with Crippen molar-refractivity contribution in [2.45, 2.75) is 45.3 Å². The van der Waals surface area contributed by atoms with E-state index in [0.29, 0.717) is 6.42 Å². The van der Waals surface area contributed by atoms with Gasteiger partial charge in [-0.2, -0.15) is 0 Å². The van der Waals surface area contributed by atoms with E-state index in [1.165, 1.54) is 4.90 Å². The van der Waals surface area contributed by atoms with Crippen LogP contribution < -0.4 is 4.90 Å². The molecule has 1 aromatic carbocycles. The van der Waals surface area contributed by atoms with Gasteiger partial charge >= 0.3 is 6.09 Å². The van der Waals surface area contributed by atoms with Crippen LogP contribution >= 0.6 is 0 Å². The summed E-state index contributed by atoms with van der Waals surface area (Å²) in [6.45, 7) is 4.88. The Hall–Kier alpha value is -1.58. The Bertz CT molecular complexity index is 467. The molecule has 1 aliphatic heterocycles. The molecule has 1 heterocycles. The number of anilines is 1. The van der Waals surface area contributed by atoms with Crippen LogP contribution in [0.1, 0.15) is 32.8 Å². The standard InChI is InChI=1S/C15H20FNO2/c1-15(2,3)19-14(18)17-12(10-16)9-8-11-6-4-5-7-13(11)17/h4-7,12H,8-10H2,1-3H3. The number of fused-ring (bicyclic) bond motifs is 1. The molecule has 0 radical (unpaired) electrons. The maximum atomic E-state index is 13.2. The van der Waals surface area contributed by atoms with Crippen LogP contribution in [0, 0.1) is 0 Å². The Labute approximate surface area is 113 Å². The highest BCUT2D eigenvalue weighted by molar-refractivity contribution is 5.90. The number of carbonyl (C=O) groups excluding carboxylic acids is 1. The quantitative estimate of drug-likeness (QED) is 0.774. The molecule has 1 amide bonds. The Morgan fingerprint density at radius 3 is 2.74 bits per heavy atom. The van der Waals surface area contributed by atoms with Gasteiger partial charge in [0.1, 0.15) is 12.3 Å². The third-order valence-corrected chi connectivity index (χ3v) is 3.13. The largest absolute Gasteiger partial charge is 0.443 e. The summed E-state index contributed by atoms with van der Waals surface area (Å²) >= 11 is 0. The molecule has 0 saturated carbocycles. The van der Waals surface area contributed by atoms with Crippen molar-refractivity contribution < 1.29 is 13.9 Å². The van der Waals surface area contributed by atoms with Gasteiger partial charge in [0.15, 0.2) is 0 Å². The van der Waals surface area contributed by atoms with E-state index in [0.717, 1.165) is 17.7 Å². The van der Waals surface area contributed by atoms with E-state index in [4.69, 9.17) is 4.74 Å². The molecule has 19 heavy (non-hydrogen) atoms. The number of para-hydroxylation sites is 1. The SMILES string of the molecule is CC(C)(C)OC(=O)N1c2ccccc2CCC1CF. The number of hydrogen-bond donors (Lipinski definition) is 0. The summed E-state index contributed by atoms with van der Waals surface area (Å²) < 4.78 is 18.6. The van der Waals surface area contributed by atoms with Gasteiger partial charge in [-0.15, -0.1) is 0 Å². The van der Waals surface area contributed by atoms with Crippen LogP contribution in [0.5, 0.6) is 0 Å². The van der Waals surface area contributed by atoms with Crippen molar-refractivity contribution in [2.75, 3.05) is 11.6 Å². The molecular formula is C15H20FNO2. The summed E-state index contributed by atoms with van der Waals surface area (Å²) in [7, 11) is 0. The summed E-state index contributed by atoms with van der Waals surface area (Å²) in [5.74, 6) is 0. The van der Waals surface area contributed by atoms with E-state index < -0.39 is 24.4 Å². The minimum Gasteiger partial charge on any atom is -0.443 e. The van der Waals surface area contributed by atoms with E-state index in [1.54, 1.807) is 0 Å². The van der Waals surface area contributed by atoms with Crippen LogP contribution in [-0.2, 0) is 11.2 Å². The van der Waals surface area contributed by atoms with Gasteiger partial charge in [-0.1, -0.05) is 18.2 Å². The molecule has 0 aromatic heterocycles. The molecular weight excluding hydrogens is 245 g/mol. The third kappa shape index (κ3) is 3.06. The van der Waals surface area contributed by atoms with Crippen LogP contribution in [0.3, 0.4) is 0 Å². The van der Waals surface area contributed by atoms with Crippen molar-refractivity contribution in [3.8, 4) is 0 Å². The number of aryl methyl sites for hydroxylation is 1. The molecule has 1 aromatic rings. The maximum absolute atomic E-state index is 13.2. The van der Waals surface area contributed by atoms with Crippen molar-refractivity contribution in [1.29, 1.82) is 0 Å². The van der Waals surface area contributed by atoms with Crippen LogP contribution in [0.2, 0.25) is 0 Å². The Morgan fingerprint density at radius 1 is 1.42 bits per heavy atom. The predicted molar refractivity (Wildman–Crippen MR) is 73.2 cm³/mol. The molecule has 0 spiro atoms. The average Bonchev–Trinajstić information content (AvgIpc) is 2.35. The first kappa shape index (κ1) is 13.8. The van der Waals surface area contributed by atoms with Gasteiger partial charge in [-0.25, -0.2) is 9.18 Å². The molecule has 2 rings (SSSR count). The third-order valence-electron chi connectivity index (χ3n) is 3.13. The second kappa shape index (κ2) is 5.19. The Balaban J connectivity index is 2.32. The minimum absolute atomic E-state index is 0.426. The van der Waals surface area contributed by atoms with Gasteiger partial charge in [0, 0.05) is 0 Å². The monoisotopic (exact) mass is 265 g/mol. The lowest BCUT2D eigenvalue weighted by molar-refractivity contribution is 0.0554.